The molecule has 9 nitrogen and oxygen atoms in total. The van der Waals surface area contributed by atoms with Gasteiger partial charge in [0.25, 0.3) is 5.78 Å². The summed E-state index contributed by atoms with van der Waals surface area (Å²) in [5, 5.41) is 6.96. The van der Waals surface area contributed by atoms with Crippen LogP contribution in [0.3, 0.4) is 0 Å². The Morgan fingerprint density at radius 1 is 1.14 bits per heavy atom. The zero-order chi connectivity index (χ0) is 21.4. The van der Waals surface area contributed by atoms with Crippen LogP contribution in [0.2, 0.25) is 0 Å². The number of para-hydroxylation sites is 1. The van der Waals surface area contributed by atoms with Crippen LogP contribution in [0, 0.1) is 13.8 Å². The molecule has 1 amide bonds. The van der Waals surface area contributed by atoms with Gasteiger partial charge in [-0.15, -0.1) is 5.10 Å². The zero-order valence-corrected chi connectivity index (χ0v) is 17.8. The molecule has 0 spiro atoms. The Bertz CT molecular complexity index is 1180. The first-order valence-corrected chi connectivity index (χ1v) is 10.6. The molecule has 0 atom stereocenters. The highest BCUT2D eigenvalue weighted by atomic mass is 32.2. The van der Waals surface area contributed by atoms with Gasteiger partial charge in [0, 0.05) is 16.9 Å². The van der Waals surface area contributed by atoms with E-state index in [4.69, 9.17) is 0 Å². The van der Waals surface area contributed by atoms with Crippen molar-refractivity contribution in [2.45, 2.75) is 51.5 Å². The second kappa shape index (κ2) is 7.53. The normalized spacial score (nSPS) is 12.3. The lowest BCUT2D eigenvalue weighted by molar-refractivity contribution is -0.115. The van der Waals surface area contributed by atoms with Crippen molar-refractivity contribution in [3.8, 4) is 0 Å². The molecule has 2 N–H and O–H groups in total. The van der Waals surface area contributed by atoms with E-state index in [1.54, 1.807) is 43.5 Å². The first kappa shape index (κ1) is 20.9. The number of anilines is 1. The number of fused-ring (bicyclic) bond motifs is 1. The molecule has 1 aromatic carbocycles. The van der Waals surface area contributed by atoms with Gasteiger partial charge in [0.05, 0.1) is 12.1 Å². The fourth-order valence-electron chi connectivity index (χ4n) is 2.88. The average Bonchev–Trinajstić information content (AvgIpc) is 2.95. The van der Waals surface area contributed by atoms with E-state index < -0.39 is 21.5 Å². The van der Waals surface area contributed by atoms with Crippen molar-refractivity contribution in [2.75, 3.05) is 5.32 Å². The van der Waals surface area contributed by atoms with Gasteiger partial charge in [-0.05, 0) is 52.8 Å². The second-order valence-electron chi connectivity index (χ2n) is 7.86. The predicted molar refractivity (Wildman–Crippen MR) is 109 cm³/mol. The van der Waals surface area contributed by atoms with Crippen LogP contribution in [0.25, 0.3) is 5.78 Å². The van der Waals surface area contributed by atoms with Crippen LogP contribution < -0.4 is 10.0 Å². The summed E-state index contributed by atoms with van der Waals surface area (Å²) in [5.41, 5.74) is 1.21. The van der Waals surface area contributed by atoms with Crippen molar-refractivity contribution in [1.29, 1.82) is 0 Å². The molecule has 0 aliphatic carbocycles. The number of aromatic nitrogens is 4. The number of benzene rings is 1. The summed E-state index contributed by atoms with van der Waals surface area (Å²) in [6.07, 6.45) is -0.108. The van der Waals surface area contributed by atoms with E-state index in [0.717, 1.165) is 11.4 Å². The van der Waals surface area contributed by atoms with E-state index in [2.05, 4.69) is 25.1 Å². The minimum absolute atomic E-state index is 0.000582. The third kappa shape index (κ3) is 4.96. The lowest BCUT2D eigenvalue weighted by Gasteiger charge is -2.21. The first-order chi connectivity index (χ1) is 13.4. The molecule has 2 aromatic heterocycles. The Labute approximate surface area is 169 Å². The Morgan fingerprint density at radius 3 is 2.52 bits per heavy atom. The third-order valence-corrected chi connectivity index (χ3v) is 5.69. The predicted octanol–water partition coefficient (Wildman–Crippen LogP) is 2.00. The molecule has 10 heteroatoms. The van der Waals surface area contributed by atoms with Crippen molar-refractivity contribution in [2.24, 2.45) is 0 Å². The Balaban J connectivity index is 1.83. The SMILES string of the molecule is Cc1cc(C)n2nc(CC(=O)Nc3ccccc3S(=O)(=O)NC(C)(C)C)nc2n1. The maximum absolute atomic E-state index is 12.7. The minimum Gasteiger partial charge on any atom is -0.324 e. The largest absolute Gasteiger partial charge is 0.324 e. The number of hydrogen-bond donors (Lipinski definition) is 2. The maximum Gasteiger partial charge on any atom is 0.252 e. The summed E-state index contributed by atoms with van der Waals surface area (Å²) in [6.45, 7) is 8.98. The quantitative estimate of drug-likeness (QED) is 0.657. The molecule has 0 saturated heterocycles. The van der Waals surface area contributed by atoms with Gasteiger partial charge in [0.1, 0.15) is 4.90 Å². The number of carbonyl (C=O) groups excluding carboxylic acids is 1. The number of carbonyl (C=O) groups is 1. The van der Waals surface area contributed by atoms with E-state index in [1.165, 1.54) is 6.07 Å². The molecular formula is C19H24N6O3S. The van der Waals surface area contributed by atoms with Gasteiger partial charge < -0.3 is 5.32 Å². The number of rotatable bonds is 5. The van der Waals surface area contributed by atoms with Crippen LogP contribution in [-0.4, -0.2) is 39.4 Å². The lowest BCUT2D eigenvalue weighted by atomic mass is 10.1. The van der Waals surface area contributed by atoms with Crippen molar-refractivity contribution in [1.82, 2.24) is 24.3 Å². The number of amides is 1. The number of aryl methyl sites for hydroxylation is 2. The summed E-state index contributed by atoms with van der Waals surface area (Å²) < 4.78 is 29.6. The molecule has 154 valence electrons. The topological polar surface area (TPSA) is 118 Å². The standard InChI is InChI=1S/C19H24N6O3S/c1-12-10-13(2)25-18(20-12)22-16(23-25)11-17(26)21-14-8-6-7-9-15(14)29(27,28)24-19(3,4)5/h6-10,24H,11H2,1-5H3,(H,21,26). The summed E-state index contributed by atoms with van der Waals surface area (Å²) in [7, 11) is -3.81. The molecule has 0 saturated carbocycles. The monoisotopic (exact) mass is 416 g/mol. The Kier molecular flexibility index (Phi) is 5.42. The molecule has 3 aromatic rings. The smallest absolute Gasteiger partial charge is 0.252 e. The van der Waals surface area contributed by atoms with Gasteiger partial charge in [0.2, 0.25) is 15.9 Å². The molecule has 0 aliphatic heterocycles. The van der Waals surface area contributed by atoms with Crippen LogP contribution in [0.1, 0.15) is 38.0 Å². The third-order valence-electron chi connectivity index (χ3n) is 3.87. The molecular weight excluding hydrogens is 392 g/mol. The number of sulfonamides is 1. The molecule has 2 heterocycles. The summed E-state index contributed by atoms with van der Waals surface area (Å²) >= 11 is 0. The van der Waals surface area contributed by atoms with Crippen LogP contribution in [-0.2, 0) is 21.2 Å². The van der Waals surface area contributed by atoms with Crippen LogP contribution in [0.5, 0.6) is 0 Å². The summed E-state index contributed by atoms with van der Waals surface area (Å²) in [4.78, 5) is 21.1. The number of nitrogens with zero attached hydrogens (tertiary/aromatic N) is 4. The van der Waals surface area contributed by atoms with Gasteiger partial charge in [-0.25, -0.2) is 22.6 Å². The molecule has 0 radical (unpaired) electrons. The van der Waals surface area contributed by atoms with Crippen LogP contribution in [0.15, 0.2) is 35.2 Å². The maximum atomic E-state index is 12.7. The fourth-order valence-corrected chi connectivity index (χ4v) is 4.47. The first-order valence-electron chi connectivity index (χ1n) is 9.07. The minimum atomic E-state index is -3.81. The Hall–Kier alpha value is -2.85. The lowest BCUT2D eigenvalue weighted by Crippen LogP contribution is -2.40. The van der Waals surface area contributed by atoms with Crippen molar-refractivity contribution in [3.63, 3.8) is 0 Å². The van der Waals surface area contributed by atoms with Crippen molar-refractivity contribution in [3.05, 3.63) is 47.5 Å². The van der Waals surface area contributed by atoms with Crippen LogP contribution >= 0.6 is 0 Å². The summed E-state index contributed by atoms with van der Waals surface area (Å²) in [5.74, 6) is 0.299. The van der Waals surface area contributed by atoms with Gasteiger partial charge in [-0.1, -0.05) is 12.1 Å². The van der Waals surface area contributed by atoms with Crippen molar-refractivity contribution < 1.29 is 13.2 Å². The highest BCUT2D eigenvalue weighted by molar-refractivity contribution is 7.89. The van der Waals surface area contributed by atoms with E-state index in [0.29, 0.717) is 11.6 Å². The van der Waals surface area contributed by atoms with E-state index in [-0.39, 0.29) is 17.0 Å². The summed E-state index contributed by atoms with van der Waals surface area (Å²) in [6, 6.07) is 8.12. The molecule has 29 heavy (non-hydrogen) atoms. The Morgan fingerprint density at radius 2 is 1.83 bits per heavy atom. The molecule has 3 rings (SSSR count). The molecule has 0 fully saturated rings. The fraction of sp³-hybridized carbons (Fsp3) is 0.368. The van der Waals surface area contributed by atoms with E-state index in [9.17, 15) is 13.2 Å². The molecule has 0 unspecified atom stereocenters. The number of hydrogen-bond acceptors (Lipinski definition) is 6. The van der Waals surface area contributed by atoms with E-state index in [1.807, 2.05) is 19.9 Å². The van der Waals surface area contributed by atoms with Gasteiger partial charge in [-0.2, -0.15) is 4.98 Å². The second-order valence-corrected chi connectivity index (χ2v) is 9.51. The van der Waals surface area contributed by atoms with E-state index >= 15 is 0 Å². The number of nitrogens with one attached hydrogen (secondary N) is 2. The zero-order valence-electron chi connectivity index (χ0n) is 17.0. The van der Waals surface area contributed by atoms with Gasteiger partial charge >= 0.3 is 0 Å². The van der Waals surface area contributed by atoms with Crippen LogP contribution in [0.4, 0.5) is 5.69 Å². The molecule has 0 aliphatic rings. The highest BCUT2D eigenvalue weighted by Gasteiger charge is 2.25. The van der Waals surface area contributed by atoms with Crippen molar-refractivity contribution >= 4 is 27.4 Å². The highest BCUT2D eigenvalue weighted by Crippen LogP contribution is 2.22. The molecule has 0 bridgehead atoms. The average molecular weight is 417 g/mol. The van der Waals surface area contributed by atoms with Gasteiger partial charge in [-0.3, -0.25) is 4.79 Å². The van der Waals surface area contributed by atoms with Gasteiger partial charge in [0.15, 0.2) is 5.82 Å².